The molecule has 1 heterocycles. The van der Waals surface area contributed by atoms with E-state index in [1.165, 1.54) is 0 Å². The Hall–Kier alpha value is -0.950. The topological polar surface area (TPSA) is 64.6 Å². The summed E-state index contributed by atoms with van der Waals surface area (Å²) in [6.45, 7) is 10.8. The Morgan fingerprint density at radius 3 is 2.43 bits per heavy atom. The van der Waals surface area contributed by atoms with Crippen LogP contribution >= 0.6 is 0 Å². The molecule has 0 bridgehead atoms. The number of aryl methyl sites for hydroxylation is 1. The second kappa shape index (κ2) is 6.51. The van der Waals surface area contributed by atoms with E-state index >= 15 is 0 Å². The zero-order valence-electron chi connectivity index (χ0n) is 14.8. The number of sulfonamides is 1. The van der Waals surface area contributed by atoms with Crippen molar-refractivity contribution in [2.75, 3.05) is 20.3 Å². The maximum atomic E-state index is 12.9. The van der Waals surface area contributed by atoms with Crippen molar-refractivity contribution in [1.29, 1.82) is 0 Å². The highest BCUT2D eigenvalue weighted by molar-refractivity contribution is 7.89. The average Bonchev–Trinajstić information content (AvgIpc) is 2.86. The summed E-state index contributed by atoms with van der Waals surface area (Å²) in [4.78, 5) is 0.337. The number of benzene rings is 1. The summed E-state index contributed by atoms with van der Waals surface area (Å²) in [6.07, 6.45) is -0.253. The zero-order valence-corrected chi connectivity index (χ0v) is 15.6. The minimum Gasteiger partial charge on any atom is -0.377 e. The highest BCUT2D eigenvalue weighted by Crippen LogP contribution is 2.29. The lowest BCUT2D eigenvalue weighted by atomic mass is 9.85. The van der Waals surface area contributed by atoms with Gasteiger partial charge in [-0.2, -0.15) is 0 Å². The maximum Gasteiger partial charge on any atom is 0.241 e. The monoisotopic (exact) mass is 341 g/mol. The van der Waals surface area contributed by atoms with Crippen LogP contribution in [0.1, 0.15) is 37.5 Å². The highest BCUT2D eigenvalue weighted by atomic mass is 32.2. The SMILES string of the molecule is COC1COCC1NS(=O)(=O)c1cc(C(C)(C)C)cc(C)c1C. The summed E-state index contributed by atoms with van der Waals surface area (Å²) in [5, 5.41) is 0. The van der Waals surface area contributed by atoms with Gasteiger partial charge < -0.3 is 9.47 Å². The molecule has 0 amide bonds. The number of rotatable bonds is 4. The van der Waals surface area contributed by atoms with Gasteiger partial charge in [0, 0.05) is 7.11 Å². The van der Waals surface area contributed by atoms with Gasteiger partial charge in [-0.3, -0.25) is 0 Å². The first kappa shape index (κ1) is 18.4. The minimum atomic E-state index is -3.63. The van der Waals surface area contributed by atoms with E-state index in [4.69, 9.17) is 9.47 Å². The van der Waals surface area contributed by atoms with Crippen molar-refractivity contribution >= 4 is 10.0 Å². The lowest BCUT2D eigenvalue weighted by molar-refractivity contribution is 0.0761. The van der Waals surface area contributed by atoms with Crippen LogP contribution in [0.15, 0.2) is 17.0 Å². The van der Waals surface area contributed by atoms with Crippen LogP contribution in [0.2, 0.25) is 0 Å². The standard InChI is InChI=1S/C17H27NO4S/c1-11-7-13(17(3,4)5)8-16(12(11)2)23(19,20)18-14-9-22-10-15(14)21-6/h7-8,14-15,18H,9-10H2,1-6H3. The molecular weight excluding hydrogens is 314 g/mol. The first-order valence-electron chi connectivity index (χ1n) is 7.81. The van der Waals surface area contributed by atoms with Crippen molar-refractivity contribution in [1.82, 2.24) is 4.72 Å². The number of hydrogen-bond acceptors (Lipinski definition) is 4. The van der Waals surface area contributed by atoms with Crippen molar-refractivity contribution < 1.29 is 17.9 Å². The predicted octanol–water partition coefficient (Wildman–Crippen LogP) is 2.29. The molecule has 0 spiro atoms. The molecule has 1 aromatic carbocycles. The summed E-state index contributed by atoms with van der Waals surface area (Å²) in [5.41, 5.74) is 2.64. The van der Waals surface area contributed by atoms with Crippen molar-refractivity contribution in [3.05, 3.63) is 28.8 Å². The largest absolute Gasteiger partial charge is 0.377 e. The van der Waals surface area contributed by atoms with Crippen LogP contribution in [-0.4, -0.2) is 40.9 Å². The number of hydrogen-bond donors (Lipinski definition) is 1. The molecule has 1 aliphatic heterocycles. The van der Waals surface area contributed by atoms with Gasteiger partial charge in [-0.25, -0.2) is 13.1 Å². The molecule has 1 aliphatic rings. The smallest absolute Gasteiger partial charge is 0.241 e. The molecule has 130 valence electrons. The van der Waals surface area contributed by atoms with E-state index in [1.807, 2.05) is 13.8 Å². The molecule has 1 N–H and O–H groups in total. The number of methoxy groups -OCH3 is 1. The summed E-state index contributed by atoms with van der Waals surface area (Å²) in [5.74, 6) is 0. The van der Waals surface area contributed by atoms with Gasteiger partial charge in [0.05, 0.1) is 30.3 Å². The molecule has 1 aromatic rings. The second-order valence-electron chi connectivity index (χ2n) is 7.21. The third-order valence-electron chi connectivity index (χ3n) is 4.41. The van der Waals surface area contributed by atoms with Gasteiger partial charge in [0.15, 0.2) is 0 Å². The fourth-order valence-corrected chi connectivity index (χ4v) is 4.27. The Balaban J connectivity index is 2.41. The summed E-state index contributed by atoms with van der Waals surface area (Å²) >= 11 is 0. The predicted molar refractivity (Wildman–Crippen MR) is 90.3 cm³/mol. The third kappa shape index (κ3) is 3.94. The number of nitrogens with one attached hydrogen (secondary N) is 1. The summed E-state index contributed by atoms with van der Waals surface area (Å²) in [7, 11) is -2.07. The van der Waals surface area contributed by atoms with Crippen molar-refractivity contribution in [3.8, 4) is 0 Å². The van der Waals surface area contributed by atoms with Crippen molar-refractivity contribution in [3.63, 3.8) is 0 Å². The maximum absolute atomic E-state index is 12.9. The molecular formula is C17H27NO4S. The second-order valence-corrected chi connectivity index (χ2v) is 8.89. The van der Waals surface area contributed by atoms with Crippen LogP contribution in [0, 0.1) is 13.8 Å². The van der Waals surface area contributed by atoms with Crippen LogP contribution in [0.4, 0.5) is 0 Å². The average molecular weight is 341 g/mol. The van der Waals surface area contributed by atoms with Crippen LogP contribution in [-0.2, 0) is 24.9 Å². The molecule has 2 rings (SSSR count). The van der Waals surface area contributed by atoms with Crippen LogP contribution in [0.3, 0.4) is 0 Å². The van der Waals surface area contributed by atoms with E-state index in [2.05, 4.69) is 31.6 Å². The molecule has 6 heteroatoms. The van der Waals surface area contributed by atoms with Crippen molar-refractivity contribution in [2.45, 2.75) is 57.1 Å². The molecule has 1 fully saturated rings. The zero-order chi connectivity index (χ0) is 17.4. The molecule has 23 heavy (non-hydrogen) atoms. The van der Waals surface area contributed by atoms with Gasteiger partial charge in [0.1, 0.15) is 0 Å². The normalized spacial score (nSPS) is 22.5. The van der Waals surface area contributed by atoms with Crippen molar-refractivity contribution in [2.24, 2.45) is 0 Å². The first-order valence-corrected chi connectivity index (χ1v) is 9.29. The van der Waals surface area contributed by atoms with E-state index < -0.39 is 10.0 Å². The van der Waals surface area contributed by atoms with Crippen LogP contribution in [0.25, 0.3) is 0 Å². The number of ether oxygens (including phenoxy) is 2. The molecule has 0 aromatic heterocycles. The van der Waals surface area contributed by atoms with E-state index in [0.29, 0.717) is 18.1 Å². The molecule has 2 atom stereocenters. The quantitative estimate of drug-likeness (QED) is 0.913. The van der Waals surface area contributed by atoms with Gasteiger partial charge in [0.2, 0.25) is 10.0 Å². The first-order chi connectivity index (χ1) is 10.6. The van der Waals surface area contributed by atoms with E-state index in [0.717, 1.165) is 16.7 Å². The lowest BCUT2D eigenvalue weighted by Gasteiger charge is -2.23. The van der Waals surface area contributed by atoms with E-state index in [1.54, 1.807) is 13.2 Å². The lowest BCUT2D eigenvalue weighted by Crippen LogP contribution is -2.43. The molecule has 5 nitrogen and oxygen atoms in total. The fraction of sp³-hybridized carbons (Fsp3) is 0.647. The van der Waals surface area contributed by atoms with Gasteiger partial charge in [-0.15, -0.1) is 0 Å². The van der Waals surface area contributed by atoms with Gasteiger partial charge >= 0.3 is 0 Å². The molecule has 1 saturated heterocycles. The van der Waals surface area contributed by atoms with Gasteiger partial charge in [0.25, 0.3) is 0 Å². The van der Waals surface area contributed by atoms with Crippen LogP contribution in [0.5, 0.6) is 0 Å². The summed E-state index contributed by atoms with van der Waals surface area (Å²) in [6, 6.07) is 3.48. The summed E-state index contributed by atoms with van der Waals surface area (Å²) < 4.78 is 39.1. The van der Waals surface area contributed by atoms with E-state index in [9.17, 15) is 8.42 Å². The fourth-order valence-electron chi connectivity index (χ4n) is 2.68. The van der Waals surface area contributed by atoms with Gasteiger partial charge in [-0.05, 0) is 42.0 Å². The Kier molecular flexibility index (Phi) is 5.21. The Labute approximate surface area is 139 Å². The Morgan fingerprint density at radius 1 is 1.22 bits per heavy atom. The Bertz CT molecular complexity index is 677. The third-order valence-corrected chi connectivity index (χ3v) is 6.03. The molecule has 0 radical (unpaired) electrons. The molecule has 2 unspecified atom stereocenters. The van der Waals surface area contributed by atoms with Crippen LogP contribution < -0.4 is 4.72 Å². The Morgan fingerprint density at radius 2 is 1.87 bits per heavy atom. The van der Waals surface area contributed by atoms with E-state index in [-0.39, 0.29) is 17.6 Å². The highest BCUT2D eigenvalue weighted by Gasteiger charge is 2.33. The molecule has 0 saturated carbocycles. The molecule has 0 aliphatic carbocycles. The minimum absolute atomic E-state index is 0.117. The van der Waals surface area contributed by atoms with Gasteiger partial charge in [-0.1, -0.05) is 26.8 Å².